The number of nitrogens with zero attached hydrogens (tertiary/aromatic N) is 1. The molecule has 0 aliphatic heterocycles. The van der Waals surface area contributed by atoms with Gasteiger partial charge in [-0.2, -0.15) is 5.10 Å². The Balaban J connectivity index is 1.87. The number of halogens is 1. The summed E-state index contributed by atoms with van der Waals surface area (Å²) >= 11 is 6.14. The van der Waals surface area contributed by atoms with Crippen molar-refractivity contribution >= 4 is 29.4 Å². The normalized spacial score (nSPS) is 10.8. The van der Waals surface area contributed by atoms with Gasteiger partial charge >= 0.3 is 0 Å². The number of anilines is 1. The first-order valence-electron chi connectivity index (χ1n) is 7.67. The van der Waals surface area contributed by atoms with E-state index in [0.29, 0.717) is 23.1 Å². The molecule has 0 bridgehead atoms. The topological polar surface area (TPSA) is 76.7 Å². The second-order valence-electron chi connectivity index (χ2n) is 5.25. The zero-order chi connectivity index (χ0) is 17.4. The second kappa shape index (κ2) is 8.93. The second-order valence-corrected chi connectivity index (χ2v) is 5.66. The molecule has 0 aromatic heterocycles. The summed E-state index contributed by atoms with van der Waals surface area (Å²) in [5, 5.41) is 4.45. The molecule has 2 aromatic carbocycles. The first kappa shape index (κ1) is 17.8. The van der Waals surface area contributed by atoms with Gasteiger partial charge in [-0.15, -0.1) is 0 Å². The third-order valence-electron chi connectivity index (χ3n) is 3.16. The van der Waals surface area contributed by atoms with Crippen LogP contribution in [0.15, 0.2) is 47.6 Å². The number of ether oxygens (including phenoxy) is 1. The molecule has 0 unspecified atom stereocenters. The van der Waals surface area contributed by atoms with Crippen LogP contribution in [0.4, 0.5) is 5.69 Å². The van der Waals surface area contributed by atoms with Crippen LogP contribution in [0.2, 0.25) is 5.02 Å². The Morgan fingerprint density at radius 2 is 2.04 bits per heavy atom. The molecule has 126 valence electrons. The van der Waals surface area contributed by atoms with Gasteiger partial charge in [-0.3, -0.25) is 4.79 Å². The molecule has 2 rings (SSSR count). The van der Waals surface area contributed by atoms with E-state index in [1.54, 1.807) is 24.3 Å². The molecule has 0 heterocycles. The average molecular weight is 346 g/mol. The van der Waals surface area contributed by atoms with Crippen molar-refractivity contribution in [1.29, 1.82) is 0 Å². The quantitative estimate of drug-likeness (QED) is 0.458. The first-order chi connectivity index (χ1) is 11.6. The minimum absolute atomic E-state index is 0.204. The number of amides is 1. The fraction of sp³-hybridized carbons (Fsp3) is 0.222. The average Bonchev–Trinajstić information content (AvgIpc) is 2.56. The highest BCUT2D eigenvalue weighted by Gasteiger charge is 2.03. The highest BCUT2D eigenvalue weighted by atomic mass is 35.5. The lowest BCUT2D eigenvalue weighted by Gasteiger charge is -2.06. The zero-order valence-electron chi connectivity index (χ0n) is 13.5. The maximum absolute atomic E-state index is 11.8. The number of carbonyl (C=O) groups is 1. The standard InChI is InChI=1S/C18H20ClN3O2/c1-2-9-24-17-8-5-14(10-16(17)19)12-21-22-18(23)11-13-3-6-15(20)7-4-13/h3-8,10,12H,2,9,11,20H2,1H3,(H,22,23)/b21-12-. The molecule has 0 aliphatic carbocycles. The largest absolute Gasteiger partial charge is 0.492 e. The summed E-state index contributed by atoms with van der Waals surface area (Å²) in [4.78, 5) is 11.8. The van der Waals surface area contributed by atoms with Crippen molar-refractivity contribution in [2.24, 2.45) is 5.10 Å². The Morgan fingerprint density at radius 3 is 2.71 bits per heavy atom. The van der Waals surface area contributed by atoms with E-state index in [0.717, 1.165) is 17.5 Å². The van der Waals surface area contributed by atoms with Gasteiger partial charge in [0.05, 0.1) is 24.3 Å². The van der Waals surface area contributed by atoms with Crippen molar-refractivity contribution in [3.05, 3.63) is 58.6 Å². The number of hydrazone groups is 1. The van der Waals surface area contributed by atoms with E-state index in [9.17, 15) is 4.79 Å². The van der Waals surface area contributed by atoms with E-state index >= 15 is 0 Å². The van der Waals surface area contributed by atoms with Crippen LogP contribution < -0.4 is 15.9 Å². The Morgan fingerprint density at radius 1 is 1.29 bits per heavy atom. The van der Waals surface area contributed by atoms with Crippen molar-refractivity contribution < 1.29 is 9.53 Å². The van der Waals surface area contributed by atoms with Gasteiger partial charge in [0, 0.05) is 5.69 Å². The van der Waals surface area contributed by atoms with Crippen molar-refractivity contribution in [3.8, 4) is 5.75 Å². The zero-order valence-corrected chi connectivity index (χ0v) is 14.2. The van der Waals surface area contributed by atoms with E-state index in [-0.39, 0.29) is 12.3 Å². The van der Waals surface area contributed by atoms with Gasteiger partial charge in [-0.05, 0) is 47.9 Å². The monoisotopic (exact) mass is 345 g/mol. The van der Waals surface area contributed by atoms with Crippen LogP contribution >= 0.6 is 11.6 Å². The molecule has 5 nitrogen and oxygen atoms in total. The van der Waals surface area contributed by atoms with Crippen LogP contribution in [0.25, 0.3) is 0 Å². The predicted octanol–water partition coefficient (Wildman–Crippen LogP) is 3.40. The van der Waals surface area contributed by atoms with Gasteiger partial charge in [0.1, 0.15) is 5.75 Å². The van der Waals surface area contributed by atoms with E-state index in [4.69, 9.17) is 22.1 Å². The summed E-state index contributed by atoms with van der Waals surface area (Å²) in [6, 6.07) is 12.5. The Kier molecular flexibility index (Phi) is 6.63. The van der Waals surface area contributed by atoms with E-state index in [1.165, 1.54) is 6.21 Å². The fourth-order valence-corrected chi connectivity index (χ4v) is 2.21. The number of nitrogens with two attached hydrogens (primary N) is 1. The molecule has 1 amide bonds. The molecular weight excluding hydrogens is 326 g/mol. The van der Waals surface area contributed by atoms with Crippen molar-refractivity contribution in [3.63, 3.8) is 0 Å². The third kappa shape index (κ3) is 5.59. The predicted molar refractivity (Wildman–Crippen MR) is 97.5 cm³/mol. The molecule has 0 radical (unpaired) electrons. The van der Waals surface area contributed by atoms with Crippen LogP contribution in [0.1, 0.15) is 24.5 Å². The molecule has 6 heteroatoms. The van der Waals surface area contributed by atoms with Crippen LogP contribution in [-0.4, -0.2) is 18.7 Å². The van der Waals surface area contributed by atoms with Crippen LogP contribution in [0, 0.1) is 0 Å². The highest BCUT2D eigenvalue weighted by molar-refractivity contribution is 6.32. The summed E-state index contributed by atoms with van der Waals surface area (Å²) in [7, 11) is 0. The van der Waals surface area contributed by atoms with Crippen molar-refractivity contribution in [1.82, 2.24) is 5.43 Å². The summed E-state index contributed by atoms with van der Waals surface area (Å²) in [6.45, 7) is 2.65. The number of rotatable bonds is 7. The minimum atomic E-state index is -0.204. The molecule has 0 saturated heterocycles. The SMILES string of the molecule is CCCOc1ccc(/C=N\NC(=O)Cc2ccc(N)cc2)cc1Cl. The first-order valence-corrected chi connectivity index (χ1v) is 8.05. The maximum Gasteiger partial charge on any atom is 0.244 e. The lowest BCUT2D eigenvalue weighted by atomic mass is 10.1. The molecule has 0 fully saturated rings. The molecule has 3 N–H and O–H groups in total. The van der Waals surface area contributed by atoms with Gasteiger partial charge in [0.15, 0.2) is 0 Å². The third-order valence-corrected chi connectivity index (χ3v) is 3.46. The Hall–Kier alpha value is -2.53. The molecule has 0 spiro atoms. The van der Waals surface area contributed by atoms with E-state index in [1.807, 2.05) is 25.1 Å². The molecule has 0 atom stereocenters. The number of nitrogen functional groups attached to an aromatic ring is 1. The highest BCUT2D eigenvalue weighted by Crippen LogP contribution is 2.24. The lowest BCUT2D eigenvalue weighted by Crippen LogP contribution is -2.19. The van der Waals surface area contributed by atoms with Crippen LogP contribution in [0.3, 0.4) is 0 Å². The Labute approximate surface area is 146 Å². The summed E-state index contributed by atoms with van der Waals surface area (Å²) in [5.41, 5.74) is 10.4. The van der Waals surface area contributed by atoms with Gasteiger partial charge in [-0.25, -0.2) is 5.43 Å². The van der Waals surface area contributed by atoms with Gasteiger partial charge < -0.3 is 10.5 Å². The maximum atomic E-state index is 11.8. The van der Waals surface area contributed by atoms with Gasteiger partial charge in [-0.1, -0.05) is 30.7 Å². The molecular formula is C18H20ClN3O2. The summed E-state index contributed by atoms with van der Waals surface area (Å²) in [5.74, 6) is 0.438. The lowest BCUT2D eigenvalue weighted by molar-refractivity contribution is -0.120. The van der Waals surface area contributed by atoms with Crippen molar-refractivity contribution in [2.45, 2.75) is 19.8 Å². The van der Waals surface area contributed by atoms with Crippen LogP contribution in [0.5, 0.6) is 5.75 Å². The number of nitrogens with one attached hydrogen (secondary N) is 1. The van der Waals surface area contributed by atoms with Gasteiger partial charge in [0.2, 0.25) is 5.91 Å². The summed E-state index contributed by atoms with van der Waals surface area (Å²) < 4.78 is 5.50. The number of hydrogen-bond donors (Lipinski definition) is 2. The van der Waals surface area contributed by atoms with Crippen molar-refractivity contribution in [2.75, 3.05) is 12.3 Å². The number of benzene rings is 2. The number of hydrogen-bond acceptors (Lipinski definition) is 4. The molecule has 0 aliphatic rings. The molecule has 24 heavy (non-hydrogen) atoms. The number of carbonyl (C=O) groups excluding carboxylic acids is 1. The Bertz CT molecular complexity index is 715. The minimum Gasteiger partial charge on any atom is -0.492 e. The van der Waals surface area contributed by atoms with Gasteiger partial charge in [0.25, 0.3) is 0 Å². The van der Waals surface area contributed by atoms with E-state index in [2.05, 4.69) is 10.5 Å². The van der Waals surface area contributed by atoms with E-state index < -0.39 is 0 Å². The fourth-order valence-electron chi connectivity index (χ4n) is 1.97. The molecule has 2 aromatic rings. The van der Waals surface area contributed by atoms with Crippen LogP contribution in [-0.2, 0) is 11.2 Å². The summed E-state index contributed by atoms with van der Waals surface area (Å²) in [6.07, 6.45) is 2.69. The molecule has 0 saturated carbocycles. The smallest absolute Gasteiger partial charge is 0.244 e.